The van der Waals surface area contributed by atoms with Crippen LogP contribution in [0.1, 0.15) is 64.9 Å². The molecule has 0 saturated carbocycles. The molecule has 34 heavy (non-hydrogen) atoms. The van der Waals surface area contributed by atoms with E-state index >= 15 is 0 Å². The van der Waals surface area contributed by atoms with E-state index in [0.717, 1.165) is 0 Å². The minimum atomic E-state index is -2.34. The number of hydroxylamine groups is 2. The SMILES string of the molecule is CN(NC(=O)OC(C)(C)C)/C(=N\O[Si](C)(C)C(C)(C)C)[C@@H]1c2c(cnn2C)[C@H]2CN1C(=O)N2O. The predicted molar refractivity (Wildman–Crippen MR) is 127 cm³/mol. The third kappa shape index (κ3) is 4.71. The zero-order chi connectivity index (χ0) is 25.8. The van der Waals surface area contributed by atoms with Crippen LogP contribution in [0, 0.1) is 0 Å². The number of rotatable bonds is 3. The molecule has 1 saturated heterocycles. The molecule has 0 spiro atoms. The van der Waals surface area contributed by atoms with Gasteiger partial charge < -0.3 is 14.2 Å². The zero-order valence-corrected chi connectivity index (χ0v) is 22.7. The van der Waals surface area contributed by atoms with Crippen LogP contribution in [0.15, 0.2) is 11.4 Å². The van der Waals surface area contributed by atoms with Crippen LogP contribution in [0.25, 0.3) is 0 Å². The molecule has 12 nitrogen and oxygen atoms in total. The predicted octanol–water partition coefficient (Wildman–Crippen LogP) is 3.35. The number of aromatic nitrogens is 2. The van der Waals surface area contributed by atoms with Crippen molar-refractivity contribution in [1.82, 2.24) is 30.2 Å². The fraction of sp³-hybridized carbons (Fsp3) is 0.714. The Kier molecular flexibility index (Phi) is 6.41. The smallest absolute Gasteiger partial charge is 0.426 e. The number of nitrogens with one attached hydrogen (secondary N) is 1. The number of likely N-dealkylation sites (N-methyl/N-ethyl adjacent to an activating group) is 1. The van der Waals surface area contributed by atoms with Gasteiger partial charge in [0, 0.05) is 19.7 Å². The molecule has 1 aromatic rings. The second-order valence-electron chi connectivity index (χ2n) is 11.3. The number of amides is 3. The lowest BCUT2D eigenvalue weighted by molar-refractivity contribution is -0.0586. The fourth-order valence-corrected chi connectivity index (χ4v) is 4.20. The summed E-state index contributed by atoms with van der Waals surface area (Å²) in [4.78, 5) is 27.0. The van der Waals surface area contributed by atoms with Gasteiger partial charge in [-0.15, -0.1) is 0 Å². The first-order valence-corrected chi connectivity index (χ1v) is 14.2. The first-order valence-electron chi connectivity index (χ1n) is 11.2. The van der Waals surface area contributed by atoms with Gasteiger partial charge in [-0.05, 0) is 38.9 Å². The van der Waals surface area contributed by atoms with E-state index in [0.29, 0.717) is 16.3 Å². The summed E-state index contributed by atoms with van der Waals surface area (Å²) in [6.07, 6.45) is 0.963. The lowest BCUT2D eigenvalue weighted by Gasteiger charge is -2.37. The van der Waals surface area contributed by atoms with Crippen LogP contribution >= 0.6 is 0 Å². The molecule has 2 bridgehead atoms. The monoisotopic (exact) mass is 495 g/mol. The van der Waals surface area contributed by atoms with Gasteiger partial charge in [-0.3, -0.25) is 14.9 Å². The minimum absolute atomic E-state index is 0.126. The second kappa shape index (κ2) is 8.45. The van der Waals surface area contributed by atoms with E-state index < -0.39 is 38.1 Å². The number of ether oxygens (including phenoxy) is 1. The van der Waals surface area contributed by atoms with Crippen molar-refractivity contribution in [3.63, 3.8) is 0 Å². The third-order valence-electron chi connectivity index (χ3n) is 6.47. The Morgan fingerprint density at radius 3 is 2.47 bits per heavy atom. The fourth-order valence-electron chi connectivity index (χ4n) is 3.60. The molecule has 0 aromatic carbocycles. The van der Waals surface area contributed by atoms with Crippen molar-refractivity contribution < 1.29 is 24.1 Å². The number of hydrazine groups is 1. The van der Waals surface area contributed by atoms with Crippen molar-refractivity contribution in [2.24, 2.45) is 12.2 Å². The number of oxime groups is 1. The Morgan fingerprint density at radius 2 is 1.91 bits per heavy atom. The standard InChI is InChI=1S/C21H37N7O5Si/c1-20(2,3)32-18(29)23-26(8)17(24-33-34(9,10)21(4,5)6)16-15-13(11-22-25(15)7)14-12-27(16)19(30)28(14)31/h11,14,16,31H,12H2,1-10H3,(H,23,29)/b24-17-/t14-,16+/m1/s1. The lowest BCUT2D eigenvalue weighted by Crippen LogP contribution is -2.52. The number of aryl methyl sites for hydroxylation is 1. The van der Waals surface area contributed by atoms with Gasteiger partial charge >= 0.3 is 12.1 Å². The van der Waals surface area contributed by atoms with Gasteiger partial charge in [0.15, 0.2) is 5.84 Å². The molecule has 2 atom stereocenters. The Morgan fingerprint density at radius 1 is 1.29 bits per heavy atom. The van der Waals surface area contributed by atoms with Gasteiger partial charge in [-0.25, -0.2) is 15.0 Å². The summed E-state index contributed by atoms with van der Waals surface area (Å²) in [6, 6.07) is -1.84. The quantitative estimate of drug-likeness (QED) is 0.217. The molecule has 13 heteroatoms. The summed E-state index contributed by atoms with van der Waals surface area (Å²) >= 11 is 0. The van der Waals surface area contributed by atoms with E-state index in [-0.39, 0.29) is 17.4 Å². The molecular weight excluding hydrogens is 458 g/mol. The van der Waals surface area contributed by atoms with E-state index in [1.165, 1.54) is 9.91 Å². The van der Waals surface area contributed by atoms with Crippen LogP contribution in [0.4, 0.5) is 9.59 Å². The highest BCUT2D eigenvalue weighted by Crippen LogP contribution is 2.44. The van der Waals surface area contributed by atoms with Crippen molar-refractivity contribution in [2.75, 3.05) is 13.6 Å². The van der Waals surface area contributed by atoms with Gasteiger partial charge in [0.2, 0.25) is 0 Å². The molecule has 3 heterocycles. The van der Waals surface area contributed by atoms with Crippen LogP contribution in [0.2, 0.25) is 18.1 Å². The molecule has 2 N–H and O–H groups in total. The Balaban J connectivity index is 2.06. The molecule has 0 radical (unpaired) electrons. The molecule has 2 aliphatic heterocycles. The molecule has 0 unspecified atom stereocenters. The summed E-state index contributed by atoms with van der Waals surface area (Å²) in [5.74, 6) is 0.266. The molecule has 1 fully saturated rings. The molecular formula is C21H37N7O5Si. The van der Waals surface area contributed by atoms with Gasteiger partial charge in [-0.2, -0.15) is 10.2 Å². The Bertz CT molecular complexity index is 995. The molecule has 1 aromatic heterocycles. The third-order valence-corrected chi connectivity index (χ3v) is 10.6. The summed E-state index contributed by atoms with van der Waals surface area (Å²) in [6.45, 7) is 15.9. The maximum absolute atomic E-state index is 12.9. The largest absolute Gasteiger partial charge is 0.453 e. The highest BCUT2D eigenvalue weighted by Gasteiger charge is 2.52. The number of carbonyl (C=O) groups is 2. The number of fused-ring (bicyclic) bond motifs is 4. The summed E-state index contributed by atoms with van der Waals surface area (Å²) < 4.78 is 13.2. The maximum atomic E-state index is 12.9. The van der Waals surface area contributed by atoms with Crippen molar-refractivity contribution in [3.8, 4) is 0 Å². The number of hydrogen-bond acceptors (Lipinski definition) is 7. The normalized spacial score (nSPS) is 20.9. The van der Waals surface area contributed by atoms with E-state index in [9.17, 15) is 14.8 Å². The van der Waals surface area contributed by atoms with Gasteiger partial charge in [-0.1, -0.05) is 25.9 Å². The van der Waals surface area contributed by atoms with Crippen LogP contribution < -0.4 is 5.43 Å². The van der Waals surface area contributed by atoms with Gasteiger partial charge in [0.05, 0.1) is 18.4 Å². The van der Waals surface area contributed by atoms with Gasteiger partial charge in [0.1, 0.15) is 17.7 Å². The summed E-state index contributed by atoms with van der Waals surface area (Å²) in [5, 5.41) is 21.3. The maximum Gasteiger partial charge on any atom is 0.426 e. The Labute approximate surface area is 201 Å². The number of hydrogen-bond donors (Lipinski definition) is 2. The molecule has 3 amide bonds. The second-order valence-corrected chi connectivity index (χ2v) is 16.0. The first kappa shape index (κ1) is 25.8. The van der Waals surface area contributed by atoms with Crippen LogP contribution in [-0.2, 0) is 16.3 Å². The minimum Gasteiger partial charge on any atom is -0.453 e. The average molecular weight is 496 g/mol. The van der Waals surface area contributed by atoms with Crippen LogP contribution in [0.3, 0.4) is 0 Å². The molecule has 3 rings (SSSR count). The number of nitrogens with zero attached hydrogens (tertiary/aromatic N) is 6. The van der Waals surface area contributed by atoms with E-state index in [1.54, 1.807) is 45.7 Å². The van der Waals surface area contributed by atoms with Crippen molar-refractivity contribution in [1.29, 1.82) is 0 Å². The number of carbonyl (C=O) groups excluding carboxylic acids is 2. The van der Waals surface area contributed by atoms with Crippen molar-refractivity contribution in [3.05, 3.63) is 17.5 Å². The molecule has 2 aliphatic rings. The Hall–Kier alpha value is -2.80. The highest BCUT2D eigenvalue weighted by atomic mass is 28.4. The lowest BCUT2D eigenvalue weighted by atomic mass is 9.97. The zero-order valence-electron chi connectivity index (χ0n) is 21.7. The molecule has 190 valence electrons. The van der Waals surface area contributed by atoms with Gasteiger partial charge in [0.25, 0.3) is 8.32 Å². The van der Waals surface area contributed by atoms with Crippen molar-refractivity contribution in [2.45, 2.75) is 77.4 Å². The van der Waals surface area contributed by atoms with Crippen molar-refractivity contribution >= 4 is 26.3 Å². The highest BCUT2D eigenvalue weighted by molar-refractivity contribution is 6.74. The van der Waals surface area contributed by atoms with E-state index in [1.807, 2.05) is 0 Å². The summed E-state index contributed by atoms with van der Waals surface area (Å²) in [5.41, 5.74) is 3.36. The van der Waals surface area contributed by atoms with E-state index in [2.05, 4.69) is 49.5 Å². The topological polar surface area (TPSA) is 125 Å². The summed E-state index contributed by atoms with van der Waals surface area (Å²) in [7, 11) is 1.03. The van der Waals surface area contributed by atoms with E-state index in [4.69, 9.17) is 9.26 Å². The number of amidine groups is 1. The number of urea groups is 1. The van der Waals surface area contributed by atoms with Crippen LogP contribution in [-0.4, -0.2) is 75.4 Å². The first-order chi connectivity index (χ1) is 15.4. The van der Waals surface area contributed by atoms with Crippen LogP contribution in [0.5, 0.6) is 0 Å². The molecule has 0 aliphatic carbocycles. The average Bonchev–Trinajstić information content (AvgIpc) is 3.16.